The minimum absolute atomic E-state index is 0.0905. The molecule has 0 radical (unpaired) electrons. The first-order chi connectivity index (χ1) is 13.9. The number of carbonyl (C=O) groups excluding carboxylic acids is 2. The van der Waals surface area contributed by atoms with Gasteiger partial charge in [-0.2, -0.15) is 0 Å². The molecule has 3 aromatic rings. The van der Waals surface area contributed by atoms with Gasteiger partial charge in [0.15, 0.2) is 5.76 Å². The van der Waals surface area contributed by atoms with Crippen LogP contribution in [0.5, 0.6) is 5.75 Å². The van der Waals surface area contributed by atoms with Crippen LogP contribution in [0.4, 0.5) is 11.4 Å². The second kappa shape index (κ2) is 9.43. The van der Waals surface area contributed by atoms with Crippen LogP contribution >= 0.6 is 15.9 Å². The van der Waals surface area contributed by atoms with Crippen LogP contribution in [-0.2, 0) is 11.4 Å². The van der Waals surface area contributed by atoms with Crippen LogP contribution in [0.25, 0.3) is 0 Å². The van der Waals surface area contributed by atoms with Crippen molar-refractivity contribution in [3.63, 3.8) is 0 Å². The number of anilines is 2. The lowest BCUT2D eigenvalue weighted by atomic mass is 10.1. The zero-order chi connectivity index (χ0) is 20.8. The number of rotatable bonds is 7. The van der Waals surface area contributed by atoms with Crippen LogP contribution in [-0.4, -0.2) is 11.8 Å². The van der Waals surface area contributed by atoms with E-state index >= 15 is 0 Å². The highest BCUT2D eigenvalue weighted by atomic mass is 79.9. The molecule has 29 heavy (non-hydrogen) atoms. The summed E-state index contributed by atoms with van der Waals surface area (Å²) in [5.74, 6) is 0.951. The fraction of sp³-hybridized carbons (Fsp3) is 0.182. The van der Waals surface area contributed by atoms with Gasteiger partial charge in [0.2, 0.25) is 5.91 Å². The topological polar surface area (TPSA) is 80.6 Å². The monoisotopic (exact) mass is 456 g/mol. The molecule has 0 atom stereocenters. The van der Waals surface area contributed by atoms with E-state index in [1.807, 2.05) is 37.3 Å². The average molecular weight is 457 g/mol. The molecule has 0 aliphatic carbocycles. The maximum absolute atomic E-state index is 12.5. The number of aryl methyl sites for hydroxylation is 1. The molecule has 2 amide bonds. The highest BCUT2D eigenvalue weighted by molar-refractivity contribution is 9.10. The van der Waals surface area contributed by atoms with Gasteiger partial charge >= 0.3 is 0 Å². The van der Waals surface area contributed by atoms with Gasteiger partial charge in [0.05, 0.1) is 0 Å². The number of hydrogen-bond donors (Lipinski definition) is 2. The highest BCUT2D eigenvalue weighted by Gasteiger charge is 2.14. The van der Waals surface area contributed by atoms with E-state index in [1.54, 1.807) is 31.2 Å². The second-order valence-electron chi connectivity index (χ2n) is 6.40. The number of benzene rings is 2. The average Bonchev–Trinajstić information content (AvgIpc) is 3.18. The molecule has 0 spiro atoms. The molecule has 7 heteroatoms. The number of carbonyl (C=O) groups is 2. The summed E-state index contributed by atoms with van der Waals surface area (Å²) in [5, 5.41) is 5.60. The Labute approximate surface area is 177 Å². The molecule has 0 unspecified atom stereocenters. The summed E-state index contributed by atoms with van der Waals surface area (Å²) < 4.78 is 12.2. The predicted octanol–water partition coefficient (Wildman–Crippen LogP) is 5.53. The molecular weight excluding hydrogens is 436 g/mol. The molecule has 2 N–H and O–H groups in total. The zero-order valence-electron chi connectivity index (χ0n) is 16.1. The number of halogens is 1. The van der Waals surface area contributed by atoms with E-state index in [0.717, 1.165) is 10.0 Å². The quantitative estimate of drug-likeness (QED) is 0.489. The maximum Gasteiger partial charge on any atom is 0.291 e. The van der Waals surface area contributed by atoms with Crippen molar-refractivity contribution in [3.05, 3.63) is 76.2 Å². The Hall–Kier alpha value is -3.06. The molecule has 0 saturated heterocycles. The van der Waals surface area contributed by atoms with Gasteiger partial charge in [0.1, 0.15) is 18.1 Å². The second-order valence-corrected chi connectivity index (χ2v) is 7.31. The minimum Gasteiger partial charge on any atom is -0.486 e. The molecule has 1 aromatic heterocycles. The number of amides is 2. The van der Waals surface area contributed by atoms with Crippen molar-refractivity contribution in [3.8, 4) is 5.75 Å². The van der Waals surface area contributed by atoms with Gasteiger partial charge in [-0.25, -0.2) is 0 Å². The van der Waals surface area contributed by atoms with E-state index in [1.165, 1.54) is 0 Å². The molecule has 0 bridgehead atoms. The van der Waals surface area contributed by atoms with Crippen molar-refractivity contribution < 1.29 is 18.7 Å². The number of nitrogens with one attached hydrogen (secondary N) is 2. The summed E-state index contributed by atoms with van der Waals surface area (Å²) in [6, 6.07) is 16.1. The summed E-state index contributed by atoms with van der Waals surface area (Å²) >= 11 is 3.39. The normalized spacial score (nSPS) is 10.4. The van der Waals surface area contributed by atoms with E-state index < -0.39 is 0 Å². The van der Waals surface area contributed by atoms with Gasteiger partial charge in [-0.05, 0) is 55.0 Å². The van der Waals surface area contributed by atoms with E-state index in [0.29, 0.717) is 29.3 Å². The summed E-state index contributed by atoms with van der Waals surface area (Å²) in [5.41, 5.74) is 2.10. The Morgan fingerprint density at radius 2 is 1.90 bits per heavy atom. The van der Waals surface area contributed by atoms with Gasteiger partial charge in [0, 0.05) is 22.3 Å². The van der Waals surface area contributed by atoms with Crippen molar-refractivity contribution in [2.24, 2.45) is 0 Å². The van der Waals surface area contributed by atoms with Gasteiger partial charge in [0.25, 0.3) is 5.91 Å². The first kappa shape index (κ1) is 20.7. The lowest BCUT2D eigenvalue weighted by Gasteiger charge is -2.10. The van der Waals surface area contributed by atoms with Crippen molar-refractivity contribution >= 4 is 39.1 Å². The summed E-state index contributed by atoms with van der Waals surface area (Å²) in [6.07, 6.45) is 0.382. The van der Waals surface area contributed by atoms with Gasteiger partial charge in [-0.3, -0.25) is 9.59 Å². The molecule has 6 nitrogen and oxygen atoms in total. The fourth-order valence-corrected chi connectivity index (χ4v) is 2.93. The van der Waals surface area contributed by atoms with E-state index in [4.69, 9.17) is 9.15 Å². The standard InChI is InChI=1S/C22H21BrN2O4/c1-3-21(26)24-16-8-7-14(2)19(12-16)25-22(27)20-10-9-18(29-20)13-28-17-6-4-5-15(23)11-17/h4-12H,3,13H2,1-2H3,(H,24,26)(H,25,27). The van der Waals surface area contributed by atoms with E-state index in [2.05, 4.69) is 26.6 Å². The van der Waals surface area contributed by atoms with Crippen LogP contribution in [0.2, 0.25) is 0 Å². The van der Waals surface area contributed by atoms with Crippen molar-refractivity contribution in [1.29, 1.82) is 0 Å². The van der Waals surface area contributed by atoms with Crippen LogP contribution in [0.3, 0.4) is 0 Å². The number of hydrogen-bond acceptors (Lipinski definition) is 4. The summed E-state index contributed by atoms with van der Waals surface area (Å²) in [6.45, 7) is 3.86. The molecule has 150 valence electrons. The van der Waals surface area contributed by atoms with E-state index in [9.17, 15) is 9.59 Å². The Bertz CT molecular complexity index is 1030. The first-order valence-electron chi connectivity index (χ1n) is 9.13. The first-order valence-corrected chi connectivity index (χ1v) is 9.93. The Kier molecular flexibility index (Phi) is 6.72. The molecule has 0 aliphatic heterocycles. The molecule has 0 aliphatic rings. The third-order valence-corrected chi connectivity index (χ3v) is 4.65. The SMILES string of the molecule is CCC(=O)Nc1ccc(C)c(NC(=O)c2ccc(COc3cccc(Br)c3)o2)c1. The third kappa shape index (κ3) is 5.71. The summed E-state index contributed by atoms with van der Waals surface area (Å²) in [7, 11) is 0. The predicted molar refractivity (Wildman–Crippen MR) is 115 cm³/mol. The Morgan fingerprint density at radius 1 is 1.07 bits per heavy atom. The van der Waals surface area contributed by atoms with Gasteiger partial charge in [-0.15, -0.1) is 0 Å². The molecular formula is C22H21BrN2O4. The maximum atomic E-state index is 12.5. The van der Waals surface area contributed by atoms with Gasteiger partial charge in [-0.1, -0.05) is 35.0 Å². The zero-order valence-corrected chi connectivity index (χ0v) is 17.7. The van der Waals surface area contributed by atoms with Crippen LogP contribution in [0, 0.1) is 6.92 Å². The largest absolute Gasteiger partial charge is 0.486 e. The smallest absolute Gasteiger partial charge is 0.291 e. The van der Waals surface area contributed by atoms with E-state index in [-0.39, 0.29) is 24.2 Å². The van der Waals surface area contributed by atoms with Gasteiger partial charge < -0.3 is 19.8 Å². The van der Waals surface area contributed by atoms with Crippen molar-refractivity contribution in [2.75, 3.05) is 10.6 Å². The number of ether oxygens (including phenoxy) is 1. The fourth-order valence-electron chi connectivity index (χ4n) is 2.56. The summed E-state index contributed by atoms with van der Waals surface area (Å²) in [4.78, 5) is 24.1. The molecule has 2 aromatic carbocycles. The Morgan fingerprint density at radius 3 is 2.66 bits per heavy atom. The van der Waals surface area contributed by atoms with Crippen LogP contribution in [0.15, 0.2) is 63.5 Å². The van der Waals surface area contributed by atoms with Crippen LogP contribution in [0.1, 0.15) is 35.2 Å². The minimum atomic E-state index is -0.374. The molecule has 3 rings (SSSR count). The molecule has 0 fully saturated rings. The lowest BCUT2D eigenvalue weighted by Crippen LogP contribution is -2.13. The van der Waals surface area contributed by atoms with Crippen molar-refractivity contribution in [2.45, 2.75) is 26.9 Å². The lowest BCUT2D eigenvalue weighted by molar-refractivity contribution is -0.115. The third-order valence-electron chi connectivity index (χ3n) is 4.15. The number of furan rings is 1. The highest BCUT2D eigenvalue weighted by Crippen LogP contribution is 2.23. The van der Waals surface area contributed by atoms with Crippen molar-refractivity contribution in [1.82, 2.24) is 0 Å². The van der Waals surface area contributed by atoms with Crippen LogP contribution < -0.4 is 15.4 Å². The molecule has 0 saturated carbocycles. The Balaban J connectivity index is 1.64. The molecule has 1 heterocycles.